The minimum Gasteiger partial charge on any atom is -0.373 e. The van der Waals surface area contributed by atoms with Crippen molar-refractivity contribution < 1.29 is 4.74 Å². The molecule has 2 atom stereocenters. The summed E-state index contributed by atoms with van der Waals surface area (Å²) in [5.41, 5.74) is 0. The van der Waals surface area contributed by atoms with Gasteiger partial charge in [0, 0.05) is 6.04 Å². The molecule has 0 spiro atoms. The molecular formula is C9H17NO. The Hall–Kier alpha value is -0.340. The van der Waals surface area contributed by atoms with Gasteiger partial charge in [0.2, 0.25) is 0 Å². The lowest BCUT2D eigenvalue weighted by atomic mass is 10.2. The molecule has 0 amide bonds. The molecule has 0 radical (unpaired) electrons. The highest BCUT2D eigenvalue weighted by Gasteiger charge is 2.14. The van der Waals surface area contributed by atoms with E-state index in [0.717, 1.165) is 13.2 Å². The molecule has 1 heterocycles. The molecule has 11 heavy (non-hydrogen) atoms. The third-order valence-corrected chi connectivity index (χ3v) is 2.05. The van der Waals surface area contributed by atoms with Crippen LogP contribution in [0.4, 0.5) is 0 Å². The Morgan fingerprint density at radius 1 is 1.82 bits per heavy atom. The van der Waals surface area contributed by atoms with Gasteiger partial charge in [-0.15, -0.1) is 6.58 Å². The monoisotopic (exact) mass is 155 g/mol. The van der Waals surface area contributed by atoms with Crippen molar-refractivity contribution in [1.29, 1.82) is 0 Å². The summed E-state index contributed by atoms with van der Waals surface area (Å²) < 4.78 is 5.49. The maximum atomic E-state index is 5.49. The average Bonchev–Trinajstić information content (AvgIpc) is 2.52. The summed E-state index contributed by atoms with van der Waals surface area (Å²) in [5.74, 6) is 0. The Kier molecular flexibility index (Phi) is 3.60. The summed E-state index contributed by atoms with van der Waals surface area (Å²) in [5, 5.41) is 3.38. The molecule has 0 bridgehead atoms. The summed E-state index contributed by atoms with van der Waals surface area (Å²) >= 11 is 0. The van der Waals surface area contributed by atoms with Crippen LogP contribution in [0.1, 0.15) is 19.8 Å². The Morgan fingerprint density at radius 3 is 3.18 bits per heavy atom. The third-order valence-electron chi connectivity index (χ3n) is 2.05. The van der Waals surface area contributed by atoms with Crippen LogP contribution in [0.5, 0.6) is 0 Å². The number of hydrogen-bond acceptors (Lipinski definition) is 2. The molecule has 1 N–H and O–H groups in total. The van der Waals surface area contributed by atoms with E-state index in [4.69, 9.17) is 4.74 Å². The Balaban J connectivity index is 2.06. The molecule has 2 nitrogen and oxygen atoms in total. The van der Waals surface area contributed by atoms with Crippen LogP contribution in [-0.4, -0.2) is 25.3 Å². The lowest BCUT2D eigenvalue weighted by Gasteiger charge is -2.13. The topological polar surface area (TPSA) is 21.3 Å². The van der Waals surface area contributed by atoms with Gasteiger partial charge in [-0.3, -0.25) is 0 Å². The largest absolute Gasteiger partial charge is 0.373 e. The second kappa shape index (κ2) is 4.52. The molecule has 1 unspecified atom stereocenters. The molecule has 1 fully saturated rings. The molecule has 0 aliphatic carbocycles. The summed E-state index contributed by atoms with van der Waals surface area (Å²) in [6.45, 7) is 7.65. The molecule has 0 aromatic carbocycles. The summed E-state index contributed by atoms with van der Waals surface area (Å²) in [4.78, 5) is 0. The van der Waals surface area contributed by atoms with Gasteiger partial charge in [-0.25, -0.2) is 0 Å². The summed E-state index contributed by atoms with van der Waals surface area (Å²) in [6, 6.07) is 0.581. The second-order valence-electron chi connectivity index (χ2n) is 3.07. The molecular weight excluding hydrogens is 138 g/mol. The van der Waals surface area contributed by atoms with E-state index < -0.39 is 0 Å². The van der Waals surface area contributed by atoms with Crippen LogP contribution in [-0.2, 0) is 4.74 Å². The van der Waals surface area contributed by atoms with Crippen molar-refractivity contribution in [3.05, 3.63) is 12.7 Å². The first-order valence-electron chi connectivity index (χ1n) is 4.30. The number of nitrogens with one attached hydrogen (secondary N) is 1. The highest BCUT2D eigenvalue weighted by Crippen LogP contribution is 2.06. The first-order valence-corrected chi connectivity index (χ1v) is 4.30. The molecule has 1 rings (SSSR count). The van der Waals surface area contributed by atoms with Crippen molar-refractivity contribution in [2.45, 2.75) is 31.9 Å². The van der Waals surface area contributed by atoms with Crippen LogP contribution in [0.25, 0.3) is 0 Å². The van der Waals surface area contributed by atoms with Gasteiger partial charge >= 0.3 is 0 Å². The summed E-state index contributed by atoms with van der Waals surface area (Å²) in [7, 11) is 0. The molecule has 1 aliphatic heterocycles. The van der Waals surface area contributed by atoms with Crippen molar-refractivity contribution in [2.75, 3.05) is 13.2 Å². The van der Waals surface area contributed by atoms with Crippen LogP contribution in [0.15, 0.2) is 12.7 Å². The van der Waals surface area contributed by atoms with E-state index in [1.165, 1.54) is 12.8 Å². The van der Waals surface area contributed by atoms with Crippen molar-refractivity contribution in [3.63, 3.8) is 0 Å². The smallest absolute Gasteiger partial charge is 0.0725 e. The van der Waals surface area contributed by atoms with Crippen LogP contribution < -0.4 is 5.32 Å². The summed E-state index contributed by atoms with van der Waals surface area (Å²) in [6.07, 6.45) is 4.56. The van der Waals surface area contributed by atoms with E-state index in [9.17, 15) is 0 Å². The van der Waals surface area contributed by atoms with E-state index >= 15 is 0 Å². The van der Waals surface area contributed by atoms with Crippen molar-refractivity contribution in [3.8, 4) is 0 Å². The van der Waals surface area contributed by atoms with E-state index in [0.29, 0.717) is 6.04 Å². The zero-order valence-corrected chi connectivity index (χ0v) is 7.18. The SMILES string of the molecule is C=CC(C)OC[C@H]1CCCN1. The first-order chi connectivity index (χ1) is 5.33. The van der Waals surface area contributed by atoms with E-state index in [1.54, 1.807) is 0 Å². The predicted octanol–water partition coefficient (Wildman–Crippen LogP) is 1.33. The predicted molar refractivity (Wildman–Crippen MR) is 46.6 cm³/mol. The number of ether oxygens (including phenoxy) is 1. The van der Waals surface area contributed by atoms with Gasteiger partial charge in [0.1, 0.15) is 0 Å². The molecule has 0 saturated carbocycles. The maximum Gasteiger partial charge on any atom is 0.0725 e. The average molecular weight is 155 g/mol. The number of hydrogen-bond donors (Lipinski definition) is 1. The Labute approximate surface area is 68.6 Å². The van der Waals surface area contributed by atoms with Gasteiger partial charge in [0.25, 0.3) is 0 Å². The van der Waals surface area contributed by atoms with Crippen LogP contribution in [0.2, 0.25) is 0 Å². The highest BCUT2D eigenvalue weighted by atomic mass is 16.5. The molecule has 2 heteroatoms. The van der Waals surface area contributed by atoms with Crippen molar-refractivity contribution in [2.24, 2.45) is 0 Å². The van der Waals surface area contributed by atoms with Crippen LogP contribution in [0.3, 0.4) is 0 Å². The van der Waals surface area contributed by atoms with Gasteiger partial charge in [-0.1, -0.05) is 6.08 Å². The third kappa shape index (κ3) is 3.04. The minimum atomic E-state index is 0.192. The highest BCUT2D eigenvalue weighted by molar-refractivity contribution is 4.78. The van der Waals surface area contributed by atoms with Crippen molar-refractivity contribution >= 4 is 0 Å². The second-order valence-corrected chi connectivity index (χ2v) is 3.07. The zero-order chi connectivity index (χ0) is 8.10. The van der Waals surface area contributed by atoms with Crippen molar-refractivity contribution in [1.82, 2.24) is 5.32 Å². The van der Waals surface area contributed by atoms with Gasteiger partial charge < -0.3 is 10.1 Å². The molecule has 1 saturated heterocycles. The molecule has 1 aliphatic rings. The zero-order valence-electron chi connectivity index (χ0n) is 7.18. The Morgan fingerprint density at radius 2 is 2.64 bits per heavy atom. The lowest BCUT2D eigenvalue weighted by Crippen LogP contribution is -2.28. The quantitative estimate of drug-likeness (QED) is 0.618. The fraction of sp³-hybridized carbons (Fsp3) is 0.778. The number of rotatable bonds is 4. The normalized spacial score (nSPS) is 26.8. The fourth-order valence-electron chi connectivity index (χ4n) is 1.23. The maximum absolute atomic E-state index is 5.49. The van der Waals surface area contributed by atoms with Crippen LogP contribution in [0, 0.1) is 0 Å². The molecule has 64 valence electrons. The standard InChI is InChI=1S/C9H17NO/c1-3-8(2)11-7-9-5-4-6-10-9/h3,8-10H,1,4-7H2,2H3/t8?,9-/m1/s1. The molecule has 0 aromatic heterocycles. The minimum absolute atomic E-state index is 0.192. The van der Waals surface area contributed by atoms with Gasteiger partial charge in [0.05, 0.1) is 12.7 Å². The Bertz CT molecular complexity index is 119. The van der Waals surface area contributed by atoms with Gasteiger partial charge in [-0.05, 0) is 26.3 Å². The van der Waals surface area contributed by atoms with E-state index in [2.05, 4.69) is 11.9 Å². The van der Waals surface area contributed by atoms with E-state index in [1.807, 2.05) is 13.0 Å². The van der Waals surface area contributed by atoms with E-state index in [-0.39, 0.29) is 6.10 Å². The van der Waals surface area contributed by atoms with Gasteiger partial charge in [0.15, 0.2) is 0 Å². The van der Waals surface area contributed by atoms with Crippen LogP contribution >= 0.6 is 0 Å². The lowest BCUT2D eigenvalue weighted by molar-refractivity contribution is 0.0823. The fourth-order valence-corrected chi connectivity index (χ4v) is 1.23. The van der Waals surface area contributed by atoms with Gasteiger partial charge in [-0.2, -0.15) is 0 Å². The molecule has 0 aromatic rings. The first kappa shape index (κ1) is 8.75.